The van der Waals surface area contributed by atoms with E-state index in [-0.39, 0.29) is 0 Å². The van der Waals surface area contributed by atoms with Crippen LogP contribution >= 0.6 is 0 Å². The molecule has 38 heavy (non-hydrogen) atoms. The molecule has 0 bridgehead atoms. The molecule has 0 aliphatic rings. The third kappa shape index (κ3) is 8.63. The molecule has 0 unspecified atom stereocenters. The lowest BCUT2D eigenvalue weighted by Gasteiger charge is -2.13. The van der Waals surface area contributed by atoms with Gasteiger partial charge >= 0.3 is 0 Å². The minimum Gasteiger partial charge on any atom is -0.497 e. The molecule has 9 nitrogen and oxygen atoms in total. The molecule has 0 spiro atoms. The van der Waals surface area contributed by atoms with Crippen LogP contribution in [-0.2, 0) is 11.2 Å². The molecule has 1 amide bonds. The molecule has 0 aliphatic heterocycles. The molecular weight excluding hydrogens is 480 g/mol. The molecule has 0 atom stereocenters. The van der Waals surface area contributed by atoms with E-state index < -0.39 is 0 Å². The van der Waals surface area contributed by atoms with Crippen molar-refractivity contribution in [1.82, 2.24) is 20.2 Å². The van der Waals surface area contributed by atoms with Gasteiger partial charge in [0, 0.05) is 43.7 Å². The monoisotopic (exact) mass is 518 g/mol. The number of aromatic nitrogens is 2. The van der Waals surface area contributed by atoms with Crippen LogP contribution in [0.15, 0.2) is 79.3 Å². The molecule has 9 heteroatoms. The molecule has 1 aromatic heterocycles. The number of carbonyl (C=O) groups is 1. The summed E-state index contributed by atoms with van der Waals surface area (Å²) >= 11 is 0. The van der Waals surface area contributed by atoms with Crippen molar-refractivity contribution in [3.8, 4) is 11.5 Å². The number of carbonyl (C=O) groups excluding carboxylic acids is 1. The van der Waals surface area contributed by atoms with Gasteiger partial charge in [0.05, 0.1) is 25.1 Å². The Balaban J connectivity index is 0.000000332. The van der Waals surface area contributed by atoms with E-state index >= 15 is 0 Å². The van der Waals surface area contributed by atoms with Gasteiger partial charge in [-0.05, 0) is 49.9 Å². The fraction of sp³-hybridized carbons (Fsp3) is 0.276. The summed E-state index contributed by atoms with van der Waals surface area (Å²) in [5.74, 6) is 2.16. The summed E-state index contributed by atoms with van der Waals surface area (Å²) in [6.07, 6.45) is 6.40. The zero-order valence-corrected chi connectivity index (χ0v) is 22.9. The quantitative estimate of drug-likeness (QED) is 0.228. The number of fused-ring (bicyclic) bond motifs is 1. The molecule has 0 aliphatic carbocycles. The number of rotatable bonds is 13. The van der Waals surface area contributed by atoms with Crippen molar-refractivity contribution < 1.29 is 14.3 Å². The lowest BCUT2D eigenvalue weighted by molar-refractivity contribution is -0.108. The Morgan fingerprint density at radius 1 is 1.05 bits per heavy atom. The molecule has 0 saturated heterocycles. The average Bonchev–Trinajstić information content (AvgIpc) is 2.94. The number of ether oxygens (including phenoxy) is 2. The smallest absolute Gasteiger partial charge is 0.211 e. The Morgan fingerprint density at radius 2 is 1.79 bits per heavy atom. The Labute approximate surface area is 225 Å². The van der Waals surface area contributed by atoms with Crippen LogP contribution in [0.5, 0.6) is 11.5 Å². The minimum absolute atomic E-state index is 0.635. The van der Waals surface area contributed by atoms with Crippen molar-refractivity contribution in [2.75, 3.05) is 59.1 Å². The zero-order chi connectivity index (χ0) is 27.9. The van der Waals surface area contributed by atoms with Crippen LogP contribution in [0.25, 0.3) is 10.9 Å². The second-order valence-electron chi connectivity index (χ2n) is 8.42. The highest BCUT2D eigenvalue weighted by atomic mass is 16.5. The zero-order valence-electron chi connectivity index (χ0n) is 22.9. The maximum Gasteiger partial charge on any atom is 0.211 e. The van der Waals surface area contributed by atoms with Crippen LogP contribution in [-0.4, -0.2) is 69.7 Å². The van der Waals surface area contributed by atoms with E-state index in [0.29, 0.717) is 23.6 Å². The number of hydrogen-bond acceptors (Lipinski definition) is 8. The highest BCUT2D eigenvalue weighted by Gasteiger charge is 2.12. The van der Waals surface area contributed by atoms with Crippen LogP contribution in [0.3, 0.4) is 0 Å². The predicted octanol–water partition coefficient (Wildman–Crippen LogP) is 4.26. The van der Waals surface area contributed by atoms with Gasteiger partial charge in [-0.1, -0.05) is 31.4 Å². The molecule has 1 heterocycles. The first kappa shape index (κ1) is 29.9. The third-order valence-electron chi connectivity index (χ3n) is 5.58. The van der Waals surface area contributed by atoms with Gasteiger partial charge in [0.2, 0.25) is 6.41 Å². The number of allylic oxidation sites excluding steroid dienone is 1. The number of hydrogen-bond donors (Lipinski definition) is 3. The van der Waals surface area contributed by atoms with E-state index in [2.05, 4.69) is 63.3 Å². The van der Waals surface area contributed by atoms with Crippen molar-refractivity contribution in [3.63, 3.8) is 0 Å². The van der Waals surface area contributed by atoms with E-state index in [9.17, 15) is 4.79 Å². The molecule has 2 aromatic carbocycles. The second-order valence-corrected chi connectivity index (χ2v) is 8.42. The number of nitrogens with zero attached hydrogens (tertiary/aromatic N) is 3. The van der Waals surface area contributed by atoms with E-state index in [1.807, 2.05) is 38.2 Å². The first-order valence-electron chi connectivity index (χ1n) is 12.1. The SMILES string of the molecule is C=C/C(CN(C)C)=C(\C=C)NC=O.CNc1ccc(CCNc2ncnc3cc(OC)cc(OC)c23)cc1. The Morgan fingerprint density at radius 3 is 2.34 bits per heavy atom. The van der Waals surface area contributed by atoms with Gasteiger partial charge in [-0.3, -0.25) is 4.79 Å². The molecular formula is C29H38N6O3. The molecule has 0 fully saturated rings. The minimum atomic E-state index is 0.635. The molecule has 0 saturated carbocycles. The van der Waals surface area contributed by atoms with Gasteiger partial charge < -0.3 is 30.3 Å². The maximum atomic E-state index is 10.2. The van der Waals surface area contributed by atoms with Crippen LogP contribution in [0.1, 0.15) is 5.56 Å². The van der Waals surface area contributed by atoms with E-state index in [0.717, 1.165) is 47.5 Å². The van der Waals surface area contributed by atoms with Crippen molar-refractivity contribution >= 4 is 28.8 Å². The summed E-state index contributed by atoms with van der Waals surface area (Å²) in [7, 11) is 9.07. The molecule has 3 rings (SSSR count). The summed E-state index contributed by atoms with van der Waals surface area (Å²) in [6, 6.07) is 12.1. The van der Waals surface area contributed by atoms with Crippen molar-refractivity contribution in [2.24, 2.45) is 0 Å². The van der Waals surface area contributed by atoms with E-state index in [1.54, 1.807) is 32.7 Å². The van der Waals surface area contributed by atoms with Crippen molar-refractivity contribution in [3.05, 3.63) is 84.9 Å². The van der Waals surface area contributed by atoms with Gasteiger partial charge in [0.1, 0.15) is 23.6 Å². The number of nitrogens with one attached hydrogen (secondary N) is 3. The first-order chi connectivity index (χ1) is 18.4. The fourth-order valence-electron chi connectivity index (χ4n) is 3.65. The highest BCUT2D eigenvalue weighted by molar-refractivity contribution is 5.95. The lowest BCUT2D eigenvalue weighted by Crippen LogP contribution is -2.19. The summed E-state index contributed by atoms with van der Waals surface area (Å²) < 4.78 is 10.8. The Bertz CT molecular complexity index is 1240. The summed E-state index contributed by atoms with van der Waals surface area (Å²) in [6.45, 7) is 8.78. The van der Waals surface area contributed by atoms with E-state index in [4.69, 9.17) is 9.47 Å². The topological polar surface area (TPSA) is 101 Å². The predicted molar refractivity (Wildman–Crippen MR) is 156 cm³/mol. The number of benzene rings is 2. The number of amides is 1. The maximum absolute atomic E-state index is 10.2. The largest absolute Gasteiger partial charge is 0.497 e. The highest BCUT2D eigenvalue weighted by Crippen LogP contribution is 2.33. The van der Waals surface area contributed by atoms with Gasteiger partial charge in [0.15, 0.2) is 0 Å². The number of anilines is 2. The molecule has 202 valence electrons. The molecule has 0 radical (unpaired) electrons. The van der Waals surface area contributed by atoms with Gasteiger partial charge in [-0.2, -0.15) is 0 Å². The Kier molecular flexibility index (Phi) is 12.3. The van der Waals surface area contributed by atoms with Crippen LogP contribution in [0, 0.1) is 0 Å². The van der Waals surface area contributed by atoms with Gasteiger partial charge in [-0.25, -0.2) is 9.97 Å². The third-order valence-corrected chi connectivity index (χ3v) is 5.58. The number of methoxy groups -OCH3 is 2. The lowest BCUT2D eigenvalue weighted by atomic mass is 10.1. The number of likely N-dealkylation sites (N-methyl/N-ethyl adjacent to an activating group) is 1. The summed E-state index contributed by atoms with van der Waals surface area (Å²) in [4.78, 5) is 20.9. The molecule has 3 aromatic rings. The average molecular weight is 519 g/mol. The fourth-order valence-corrected chi connectivity index (χ4v) is 3.65. The first-order valence-corrected chi connectivity index (χ1v) is 12.1. The van der Waals surface area contributed by atoms with Crippen molar-refractivity contribution in [1.29, 1.82) is 0 Å². The summed E-state index contributed by atoms with van der Waals surface area (Å²) in [5.41, 5.74) is 4.81. The summed E-state index contributed by atoms with van der Waals surface area (Å²) in [5, 5.41) is 9.94. The van der Waals surface area contributed by atoms with Gasteiger partial charge in [-0.15, -0.1) is 0 Å². The van der Waals surface area contributed by atoms with Crippen LogP contribution in [0.4, 0.5) is 11.5 Å². The van der Waals surface area contributed by atoms with Gasteiger partial charge in [0.25, 0.3) is 0 Å². The van der Waals surface area contributed by atoms with Crippen LogP contribution < -0.4 is 25.4 Å². The van der Waals surface area contributed by atoms with Crippen molar-refractivity contribution in [2.45, 2.75) is 6.42 Å². The second kappa shape index (κ2) is 15.7. The normalized spacial score (nSPS) is 11.0. The Hall–Kier alpha value is -4.37. The molecule has 3 N–H and O–H groups in total. The van der Waals surface area contributed by atoms with E-state index in [1.165, 1.54) is 5.56 Å². The standard InChI is InChI=1S/C19H22N4O2.C10H16N2O/c1-20-14-6-4-13(5-7-14)8-9-21-19-18-16(22-12-23-19)10-15(24-2)11-17(18)25-3;1-5-9(7-12(3)4)10(6-2)11-8-13/h4-7,10-12,20H,8-9H2,1-3H3,(H,21,22,23);5-6,8H,1-2,7H2,3-4H3,(H,11,13)/b;10-9-. The van der Waals surface area contributed by atoms with Crippen LogP contribution in [0.2, 0.25) is 0 Å².